The van der Waals surface area contributed by atoms with Gasteiger partial charge in [-0.2, -0.15) is 0 Å². The highest BCUT2D eigenvalue weighted by molar-refractivity contribution is 6.05. The molecule has 6 nitrogen and oxygen atoms in total. The molecule has 0 aromatic heterocycles. The van der Waals surface area contributed by atoms with Gasteiger partial charge < -0.3 is 10.6 Å². The molecule has 2 atom stereocenters. The topological polar surface area (TPSA) is 82.9 Å². The van der Waals surface area contributed by atoms with Crippen LogP contribution in [0.2, 0.25) is 0 Å². The molecule has 0 radical (unpaired) electrons. The van der Waals surface area contributed by atoms with E-state index in [9.17, 15) is 9.59 Å². The standard InChI is InChI=1S/C11H14N4O2/c1-6(2)9-11(17)14-8(10(16)15-9)3-7-4-12-5-13-7/h3-7,9H,1-2H3,(H,14,17)(H,15,16)/b8-3-. The first-order valence-electron chi connectivity index (χ1n) is 5.46. The van der Waals surface area contributed by atoms with Gasteiger partial charge in [0.25, 0.3) is 5.91 Å². The number of piperazine rings is 1. The summed E-state index contributed by atoms with van der Waals surface area (Å²) in [5.74, 6) is -0.407. The van der Waals surface area contributed by atoms with Gasteiger partial charge in [-0.25, -0.2) is 4.99 Å². The summed E-state index contributed by atoms with van der Waals surface area (Å²) in [5, 5.41) is 5.27. The lowest BCUT2D eigenvalue weighted by atomic mass is 10.0. The van der Waals surface area contributed by atoms with Gasteiger partial charge in [-0.15, -0.1) is 0 Å². The fourth-order valence-electron chi connectivity index (χ4n) is 1.68. The Bertz CT molecular complexity index is 425. The third-order valence-electron chi connectivity index (χ3n) is 2.62. The van der Waals surface area contributed by atoms with E-state index in [4.69, 9.17) is 0 Å². The van der Waals surface area contributed by atoms with Crippen LogP contribution < -0.4 is 10.6 Å². The van der Waals surface area contributed by atoms with Crippen molar-refractivity contribution in [2.24, 2.45) is 15.9 Å². The van der Waals surface area contributed by atoms with Gasteiger partial charge in [-0.3, -0.25) is 14.6 Å². The van der Waals surface area contributed by atoms with Crippen molar-refractivity contribution in [1.82, 2.24) is 10.6 Å². The second-order valence-electron chi connectivity index (χ2n) is 4.32. The fraction of sp³-hybridized carbons (Fsp3) is 0.455. The average molecular weight is 234 g/mol. The third kappa shape index (κ3) is 2.41. The van der Waals surface area contributed by atoms with Crippen molar-refractivity contribution in [2.75, 3.05) is 0 Å². The molecule has 0 aliphatic carbocycles. The number of carbonyl (C=O) groups is 2. The van der Waals surface area contributed by atoms with Crippen LogP contribution in [-0.2, 0) is 9.59 Å². The first kappa shape index (κ1) is 11.5. The van der Waals surface area contributed by atoms with Gasteiger partial charge in [-0.05, 0) is 12.0 Å². The molecule has 2 N–H and O–H groups in total. The predicted molar refractivity (Wildman–Crippen MR) is 63.8 cm³/mol. The van der Waals surface area contributed by atoms with Gasteiger partial charge in [0.05, 0.1) is 0 Å². The van der Waals surface area contributed by atoms with E-state index in [-0.39, 0.29) is 29.5 Å². The SMILES string of the molecule is CC(C)C1NC(=O)/C(=C/C2C=NC=N2)NC1=O. The van der Waals surface area contributed by atoms with Gasteiger partial charge in [0.1, 0.15) is 24.1 Å². The number of rotatable bonds is 2. The minimum atomic E-state index is -0.472. The van der Waals surface area contributed by atoms with E-state index < -0.39 is 6.04 Å². The minimum absolute atomic E-state index is 0.0616. The zero-order valence-corrected chi connectivity index (χ0v) is 9.68. The summed E-state index contributed by atoms with van der Waals surface area (Å²) < 4.78 is 0. The number of carbonyl (C=O) groups excluding carboxylic acids is 2. The maximum atomic E-state index is 11.8. The maximum Gasteiger partial charge on any atom is 0.268 e. The second-order valence-corrected chi connectivity index (χ2v) is 4.32. The van der Waals surface area contributed by atoms with E-state index in [1.165, 1.54) is 6.34 Å². The number of hydrogen-bond acceptors (Lipinski definition) is 4. The number of nitrogens with one attached hydrogen (secondary N) is 2. The summed E-state index contributed by atoms with van der Waals surface area (Å²) in [5.41, 5.74) is 0.238. The Balaban J connectivity index is 2.12. The molecule has 17 heavy (non-hydrogen) atoms. The molecule has 2 unspecified atom stereocenters. The highest BCUT2D eigenvalue weighted by Crippen LogP contribution is 2.10. The van der Waals surface area contributed by atoms with Crippen LogP contribution in [0.3, 0.4) is 0 Å². The molecule has 0 saturated carbocycles. The maximum absolute atomic E-state index is 11.8. The highest BCUT2D eigenvalue weighted by Gasteiger charge is 2.32. The molecule has 0 aromatic rings. The zero-order valence-electron chi connectivity index (χ0n) is 9.68. The molecule has 1 saturated heterocycles. The lowest BCUT2D eigenvalue weighted by Crippen LogP contribution is -2.57. The van der Waals surface area contributed by atoms with Crippen molar-refractivity contribution >= 4 is 24.4 Å². The van der Waals surface area contributed by atoms with Crippen molar-refractivity contribution in [3.63, 3.8) is 0 Å². The predicted octanol–water partition coefficient (Wildman–Crippen LogP) is -0.378. The van der Waals surface area contributed by atoms with Crippen LogP contribution in [0, 0.1) is 5.92 Å². The van der Waals surface area contributed by atoms with Crippen LogP contribution in [-0.4, -0.2) is 36.5 Å². The summed E-state index contributed by atoms with van der Waals surface area (Å²) in [6.07, 6.45) is 4.60. The average Bonchev–Trinajstić information content (AvgIpc) is 2.75. The Kier molecular flexibility index (Phi) is 3.03. The van der Waals surface area contributed by atoms with Crippen LogP contribution in [0.25, 0.3) is 0 Å². The monoisotopic (exact) mass is 234 g/mol. The molecule has 6 heteroatoms. The van der Waals surface area contributed by atoms with Crippen molar-refractivity contribution in [3.05, 3.63) is 11.8 Å². The van der Waals surface area contributed by atoms with Gasteiger partial charge >= 0.3 is 0 Å². The molecule has 2 amide bonds. The van der Waals surface area contributed by atoms with E-state index in [2.05, 4.69) is 20.6 Å². The smallest absolute Gasteiger partial charge is 0.268 e. The largest absolute Gasteiger partial charge is 0.339 e. The molecule has 1 fully saturated rings. The zero-order chi connectivity index (χ0) is 12.4. The molecule has 0 spiro atoms. The van der Waals surface area contributed by atoms with Gasteiger partial charge in [0, 0.05) is 6.21 Å². The summed E-state index contributed by atoms with van der Waals surface area (Å²) in [6.45, 7) is 3.76. The molecule has 2 aliphatic heterocycles. The molecule has 2 rings (SSSR count). The minimum Gasteiger partial charge on any atom is -0.339 e. The number of amides is 2. The number of nitrogens with zero attached hydrogens (tertiary/aromatic N) is 2. The summed E-state index contributed by atoms with van der Waals surface area (Å²) >= 11 is 0. The summed E-state index contributed by atoms with van der Waals surface area (Å²) in [7, 11) is 0. The van der Waals surface area contributed by atoms with Gasteiger partial charge in [0.2, 0.25) is 5.91 Å². The first-order valence-corrected chi connectivity index (χ1v) is 5.46. The Labute approximate surface area is 98.9 Å². The summed E-state index contributed by atoms with van der Waals surface area (Å²) in [4.78, 5) is 31.3. The van der Waals surface area contributed by atoms with Crippen molar-refractivity contribution in [2.45, 2.75) is 25.9 Å². The van der Waals surface area contributed by atoms with Crippen LogP contribution >= 0.6 is 0 Å². The number of aliphatic imine (C=N–C) groups is 2. The van der Waals surface area contributed by atoms with E-state index in [1.807, 2.05) is 13.8 Å². The van der Waals surface area contributed by atoms with Crippen LogP contribution in [0.5, 0.6) is 0 Å². The van der Waals surface area contributed by atoms with Crippen molar-refractivity contribution in [1.29, 1.82) is 0 Å². The molecule has 2 aliphatic rings. The second kappa shape index (κ2) is 4.48. The van der Waals surface area contributed by atoms with Crippen molar-refractivity contribution in [3.8, 4) is 0 Å². The Hall–Kier alpha value is -1.98. The normalized spacial score (nSPS) is 29.9. The third-order valence-corrected chi connectivity index (χ3v) is 2.62. The first-order chi connectivity index (χ1) is 8.08. The number of hydrogen-bond donors (Lipinski definition) is 2. The van der Waals surface area contributed by atoms with Crippen molar-refractivity contribution < 1.29 is 9.59 Å². The van der Waals surface area contributed by atoms with Crippen LogP contribution in [0.4, 0.5) is 0 Å². The lowest BCUT2D eigenvalue weighted by molar-refractivity contribution is -0.132. The quantitative estimate of drug-likeness (QED) is 0.638. The Morgan fingerprint density at radius 2 is 2.18 bits per heavy atom. The van der Waals surface area contributed by atoms with E-state index >= 15 is 0 Å². The molecule has 0 bridgehead atoms. The Morgan fingerprint density at radius 3 is 2.76 bits per heavy atom. The molecular weight excluding hydrogens is 220 g/mol. The van der Waals surface area contributed by atoms with Gasteiger partial charge in [0.15, 0.2) is 0 Å². The Morgan fingerprint density at radius 1 is 1.41 bits per heavy atom. The van der Waals surface area contributed by atoms with E-state index in [0.29, 0.717) is 0 Å². The van der Waals surface area contributed by atoms with Gasteiger partial charge in [-0.1, -0.05) is 13.8 Å². The van der Waals surface area contributed by atoms with E-state index in [1.54, 1.807) is 12.3 Å². The van der Waals surface area contributed by atoms with E-state index in [0.717, 1.165) is 0 Å². The fourth-order valence-corrected chi connectivity index (χ4v) is 1.68. The molecule has 0 aromatic carbocycles. The lowest BCUT2D eigenvalue weighted by Gasteiger charge is -2.27. The summed E-state index contributed by atoms with van der Waals surface area (Å²) in [6, 6.07) is -0.743. The molecule has 2 heterocycles. The highest BCUT2D eigenvalue weighted by atomic mass is 16.2. The van der Waals surface area contributed by atoms with Crippen LogP contribution in [0.1, 0.15) is 13.8 Å². The molecular formula is C11H14N4O2. The molecule has 90 valence electrons. The van der Waals surface area contributed by atoms with Crippen LogP contribution in [0.15, 0.2) is 21.8 Å².